The van der Waals surface area contributed by atoms with E-state index in [1.165, 1.54) is 120 Å². The van der Waals surface area contributed by atoms with Crippen LogP contribution in [0.15, 0.2) is 54.9 Å². The number of benzene rings is 2. The second-order valence-electron chi connectivity index (χ2n) is 17.2. The Kier molecular flexibility index (Phi) is 20.8. The van der Waals surface area contributed by atoms with Crippen LogP contribution >= 0.6 is 7.75 Å². The lowest BCUT2D eigenvalue weighted by atomic mass is 10.0. The molecule has 0 radical (unpaired) electrons. The van der Waals surface area contributed by atoms with E-state index >= 15 is 0 Å². The van der Waals surface area contributed by atoms with Crippen LogP contribution < -0.4 is 15.3 Å². The van der Waals surface area contributed by atoms with Gasteiger partial charge in [-0.1, -0.05) is 141 Å². The first-order chi connectivity index (χ1) is 30.9. The highest BCUT2D eigenvalue weighted by Crippen LogP contribution is 2.48. The molecule has 0 spiro atoms. The zero-order chi connectivity index (χ0) is 45.8. The lowest BCUT2D eigenvalue weighted by Crippen LogP contribution is -2.43. The third-order valence-electron chi connectivity index (χ3n) is 11.7. The first-order valence-electron chi connectivity index (χ1n) is 23.3. The molecule has 1 saturated heterocycles. The van der Waals surface area contributed by atoms with Crippen molar-refractivity contribution < 1.29 is 46.2 Å². The highest BCUT2D eigenvalue weighted by atomic mass is 31.2. The number of nitrogens with two attached hydrogens (primary N) is 1. The average molecular weight is 917 g/mol. The Morgan fingerprint density at radius 1 is 0.891 bits per heavy atom. The number of ether oxygens (including phenoxy) is 2. The van der Waals surface area contributed by atoms with Crippen molar-refractivity contribution in [3.8, 4) is 5.75 Å². The Balaban J connectivity index is 1.12. The van der Waals surface area contributed by atoms with Gasteiger partial charge in [-0.25, -0.2) is 18.3 Å². The molecule has 1 aliphatic rings. The van der Waals surface area contributed by atoms with E-state index in [0.717, 1.165) is 37.8 Å². The van der Waals surface area contributed by atoms with Gasteiger partial charge < -0.3 is 24.8 Å². The Hall–Kier alpha value is -4.08. The molecule has 5 rings (SSSR count). The number of nitrogens with zero attached hydrogens (tertiary/aromatic N) is 4. The van der Waals surface area contributed by atoms with Crippen molar-refractivity contribution in [1.29, 1.82) is 0 Å². The second kappa shape index (κ2) is 26.2. The van der Waals surface area contributed by atoms with E-state index in [4.69, 9.17) is 24.3 Å². The number of hydrogen-bond acceptors (Lipinski definition) is 11. The van der Waals surface area contributed by atoms with Crippen molar-refractivity contribution in [2.24, 2.45) is 0 Å². The normalized spacial score (nSPS) is 18.9. The zero-order valence-corrected chi connectivity index (χ0v) is 38.4. The third-order valence-corrected chi connectivity index (χ3v) is 13.3. The first kappa shape index (κ1) is 50.9. The van der Waals surface area contributed by atoms with E-state index in [0.29, 0.717) is 12.5 Å². The largest absolute Gasteiger partial charge is 0.465 e. The van der Waals surface area contributed by atoms with Crippen LogP contribution in [0.1, 0.15) is 154 Å². The number of imidazole rings is 1. The summed E-state index contributed by atoms with van der Waals surface area (Å²) in [5, 5.41) is 13.9. The van der Waals surface area contributed by atoms with Crippen LogP contribution in [0, 0.1) is 17.7 Å². The number of unbranched alkanes of at least 4 members (excludes halogenated alkanes) is 18. The average Bonchev–Trinajstić information content (AvgIpc) is 3.81. The van der Waals surface area contributed by atoms with Gasteiger partial charge in [-0.3, -0.25) is 13.9 Å². The monoisotopic (exact) mass is 916 g/mol. The van der Waals surface area contributed by atoms with Crippen LogP contribution in [0.5, 0.6) is 5.75 Å². The summed E-state index contributed by atoms with van der Waals surface area (Å²) in [6.07, 6.45) is 21.2. The molecule has 3 heterocycles. The van der Waals surface area contributed by atoms with E-state index in [9.17, 15) is 27.6 Å². The summed E-state index contributed by atoms with van der Waals surface area (Å²) in [5.41, 5.74) is 4.58. The summed E-state index contributed by atoms with van der Waals surface area (Å²) in [4.78, 5) is 25.2. The fourth-order valence-corrected chi connectivity index (χ4v) is 9.60. The molecule has 0 unspecified atom stereocenters. The number of nitrogens with one attached hydrogen (secondary N) is 1. The van der Waals surface area contributed by atoms with Gasteiger partial charge in [0.2, 0.25) is 0 Å². The van der Waals surface area contributed by atoms with Gasteiger partial charge in [-0.05, 0) is 49.6 Å². The molecule has 17 heteroatoms. The highest BCUT2D eigenvalue weighted by molar-refractivity contribution is 7.52. The zero-order valence-electron chi connectivity index (χ0n) is 37.5. The van der Waals surface area contributed by atoms with Gasteiger partial charge >= 0.3 is 19.8 Å². The number of aromatic nitrogens is 4. The number of hydrogen-bond donors (Lipinski definition) is 3. The molecule has 354 valence electrons. The molecule has 64 heavy (non-hydrogen) atoms. The van der Waals surface area contributed by atoms with Gasteiger partial charge in [0.1, 0.15) is 35.3 Å². The maximum Gasteiger partial charge on any atom is 0.459 e. The molecule has 1 fully saturated rings. The number of aliphatic hydroxyl groups excluding tert-OH is 1. The Morgan fingerprint density at radius 2 is 1.45 bits per heavy atom. The van der Waals surface area contributed by atoms with Gasteiger partial charge in [-0.2, -0.15) is 19.4 Å². The van der Waals surface area contributed by atoms with E-state index in [1.807, 2.05) is 0 Å². The van der Waals surface area contributed by atoms with Gasteiger partial charge in [0, 0.05) is 12.5 Å². The molecular weight excluding hydrogens is 849 g/mol. The van der Waals surface area contributed by atoms with E-state index in [2.05, 4.69) is 27.0 Å². The van der Waals surface area contributed by atoms with Crippen molar-refractivity contribution in [1.82, 2.24) is 24.6 Å². The summed E-state index contributed by atoms with van der Waals surface area (Å²) in [6.45, 7) is 3.33. The predicted molar refractivity (Wildman–Crippen MR) is 241 cm³/mol. The van der Waals surface area contributed by atoms with Crippen molar-refractivity contribution in [2.75, 3.05) is 18.9 Å². The number of fused-ring (bicyclic) bond motifs is 1. The number of carbonyl (C=O) groups is 1. The van der Waals surface area contributed by atoms with Gasteiger partial charge in [0.25, 0.3) is 0 Å². The number of carbonyl (C=O) groups excluding carboxylic acids is 1. The molecule has 2 aromatic carbocycles. The number of aliphatic hydroxyl groups is 1. The summed E-state index contributed by atoms with van der Waals surface area (Å²) in [5.74, 6) is -2.58. The Morgan fingerprint density at radius 3 is 2.03 bits per heavy atom. The minimum Gasteiger partial charge on any atom is -0.465 e. The minimum absolute atomic E-state index is 0.0202. The highest BCUT2D eigenvalue weighted by Gasteiger charge is 2.48. The Labute approximate surface area is 376 Å². The molecular formula is C47H68F3N6O7P. The lowest BCUT2D eigenvalue weighted by Gasteiger charge is -2.31. The minimum atomic E-state index is -4.58. The first-order valence-corrected chi connectivity index (χ1v) is 24.8. The summed E-state index contributed by atoms with van der Waals surface area (Å²) in [7, 11) is -4.58. The summed E-state index contributed by atoms with van der Waals surface area (Å²) >= 11 is 0. The van der Waals surface area contributed by atoms with Crippen LogP contribution in [0.4, 0.5) is 19.0 Å². The van der Waals surface area contributed by atoms with Crippen molar-refractivity contribution in [3.63, 3.8) is 0 Å². The number of anilines is 1. The van der Waals surface area contributed by atoms with Gasteiger partial charge in [-0.15, -0.1) is 0 Å². The fraction of sp³-hybridized carbons (Fsp3) is 0.617. The van der Waals surface area contributed by atoms with Crippen molar-refractivity contribution >= 4 is 30.7 Å². The molecule has 0 amide bonds. The topological polar surface area (TPSA) is 173 Å². The molecule has 1 aliphatic heterocycles. The molecule has 2 aromatic heterocycles. The van der Waals surface area contributed by atoms with Crippen LogP contribution in [-0.2, 0) is 29.8 Å². The van der Waals surface area contributed by atoms with E-state index < -0.39 is 62.0 Å². The maximum absolute atomic E-state index is 14.7. The standard InChI is InChI=1S/C47H68F3N6O7P/c1-3-4-5-6-7-8-9-10-11-12-13-14-15-16-17-18-19-20-24-27-60-45(58)39(30-35-28-36(48)31-37(49)29-35)55-64(59,63-38-25-22-21-23-26-38)61-33-47(2)40(57)32-41(62-47)56-34-52-42-43(51)53-46(50)54-44(42)56/h21-23,25-26,28-29,31,34,39-41,57H,3-20,24,27,30,32-33H2,1-2H3,(H,55,59)(H2,51,53,54)/t39-,40-,41+,47+,64-/m0/s1. The van der Waals surface area contributed by atoms with E-state index in [1.54, 1.807) is 18.2 Å². The van der Waals surface area contributed by atoms with Crippen LogP contribution in [0.2, 0.25) is 0 Å². The molecule has 13 nitrogen and oxygen atoms in total. The molecule has 0 bridgehead atoms. The predicted octanol–water partition coefficient (Wildman–Crippen LogP) is 11.2. The molecule has 5 atom stereocenters. The molecule has 0 aliphatic carbocycles. The SMILES string of the molecule is CCCCCCCCCCCCCCCCCCCCCOC(=O)[C@H](Cc1cc(F)cc(F)c1)N[P@](=O)(OC[C@@]1(C)O[C@@H](n2cnc3c(N)nc(F)nc32)C[C@@H]1O)Oc1ccccc1. The van der Waals surface area contributed by atoms with Gasteiger partial charge in [0.05, 0.1) is 25.6 Å². The quantitative estimate of drug-likeness (QED) is 0.0189. The molecule has 4 N–H and O–H groups in total. The van der Waals surface area contributed by atoms with Gasteiger partial charge in [0.15, 0.2) is 17.0 Å². The number of nitrogen functional groups attached to an aromatic ring is 1. The van der Waals surface area contributed by atoms with Crippen molar-refractivity contribution in [3.05, 3.63) is 78.1 Å². The summed E-state index contributed by atoms with van der Waals surface area (Å²) in [6, 6.07) is 9.48. The maximum atomic E-state index is 14.7. The van der Waals surface area contributed by atoms with E-state index in [-0.39, 0.29) is 47.7 Å². The number of halogens is 3. The second-order valence-corrected chi connectivity index (χ2v) is 18.9. The number of esters is 1. The Bertz CT molecular complexity index is 2050. The third kappa shape index (κ3) is 16.4. The molecule has 0 saturated carbocycles. The van der Waals surface area contributed by atoms with Crippen LogP contribution in [-0.4, -0.2) is 61.6 Å². The lowest BCUT2D eigenvalue weighted by molar-refractivity contribution is -0.146. The van der Waals surface area contributed by atoms with Crippen molar-refractivity contribution in [2.45, 2.75) is 173 Å². The van der Waals surface area contributed by atoms with Crippen LogP contribution in [0.25, 0.3) is 11.2 Å². The molecule has 4 aromatic rings. The fourth-order valence-electron chi connectivity index (χ4n) is 8.01. The number of rotatable bonds is 31. The van der Waals surface area contributed by atoms with Crippen LogP contribution in [0.3, 0.4) is 0 Å². The number of para-hydroxylation sites is 1. The summed E-state index contributed by atoms with van der Waals surface area (Å²) < 4.78 is 82.6. The smallest absolute Gasteiger partial charge is 0.459 e.